The summed E-state index contributed by atoms with van der Waals surface area (Å²) in [5.41, 5.74) is -0.943. The summed E-state index contributed by atoms with van der Waals surface area (Å²) < 4.78 is 88.3. The third-order valence-electron chi connectivity index (χ3n) is 6.38. The van der Waals surface area contributed by atoms with Gasteiger partial charge in [0, 0.05) is 49.6 Å². The van der Waals surface area contributed by atoms with E-state index in [0.717, 1.165) is 22.5 Å². The monoisotopic (exact) mass is 580 g/mol. The molecule has 1 N–H and O–H groups in total. The van der Waals surface area contributed by atoms with Gasteiger partial charge in [0.1, 0.15) is 5.75 Å². The van der Waals surface area contributed by atoms with Crippen LogP contribution in [0, 0.1) is 6.92 Å². The average Bonchev–Trinajstić information content (AvgIpc) is 3.19. The summed E-state index contributed by atoms with van der Waals surface area (Å²) >= 11 is 0. The number of nitrogens with zero attached hydrogens (tertiary/aromatic N) is 4. The van der Waals surface area contributed by atoms with E-state index in [2.05, 4.69) is 9.97 Å². The van der Waals surface area contributed by atoms with E-state index >= 15 is 0 Å². The van der Waals surface area contributed by atoms with E-state index in [1.807, 2.05) is 4.57 Å². The van der Waals surface area contributed by atoms with Crippen molar-refractivity contribution in [1.29, 1.82) is 0 Å². The molecular weight excluding hydrogens is 554 g/mol. The highest BCUT2D eigenvalue weighted by Gasteiger charge is 2.38. The average molecular weight is 581 g/mol. The van der Waals surface area contributed by atoms with Crippen molar-refractivity contribution in [2.75, 3.05) is 18.1 Å². The Kier molecular flexibility index (Phi) is 8.45. The number of carboxylic acid groups (broad SMARTS) is 1. The molecule has 0 amide bonds. The van der Waals surface area contributed by atoms with Gasteiger partial charge in [0.15, 0.2) is 0 Å². The van der Waals surface area contributed by atoms with Crippen molar-refractivity contribution in [3.05, 3.63) is 82.8 Å². The molecule has 41 heavy (non-hydrogen) atoms. The Morgan fingerprint density at radius 3 is 2.34 bits per heavy atom. The van der Waals surface area contributed by atoms with E-state index in [9.17, 15) is 36.2 Å². The van der Waals surface area contributed by atoms with Crippen molar-refractivity contribution in [3.63, 3.8) is 0 Å². The fourth-order valence-corrected chi connectivity index (χ4v) is 4.45. The number of carboxylic acids is 1. The van der Waals surface area contributed by atoms with E-state index in [4.69, 9.17) is 4.74 Å². The molecule has 7 nitrogen and oxygen atoms in total. The predicted molar refractivity (Wildman–Crippen MR) is 139 cm³/mol. The molecule has 0 saturated heterocycles. The van der Waals surface area contributed by atoms with Crippen LogP contribution < -0.4 is 9.64 Å². The number of benzene rings is 2. The molecule has 13 heteroatoms. The highest BCUT2D eigenvalue weighted by atomic mass is 19.4. The Bertz CT molecular complexity index is 1530. The molecule has 218 valence electrons. The molecule has 0 spiro atoms. The van der Waals surface area contributed by atoms with Crippen LogP contribution in [-0.2, 0) is 37.2 Å². The van der Waals surface area contributed by atoms with Crippen LogP contribution in [0.1, 0.15) is 34.2 Å². The number of halogens is 6. The molecule has 2 aromatic carbocycles. The van der Waals surface area contributed by atoms with Crippen molar-refractivity contribution in [3.8, 4) is 5.75 Å². The molecular formula is C28H26F6N4O3. The number of anilines is 1. The van der Waals surface area contributed by atoms with E-state index in [1.54, 1.807) is 38.4 Å². The van der Waals surface area contributed by atoms with Crippen molar-refractivity contribution in [1.82, 2.24) is 14.5 Å². The molecule has 0 saturated carbocycles. The first kappa shape index (κ1) is 29.7. The molecule has 4 rings (SSSR count). The number of aryl methyl sites for hydroxylation is 2. The van der Waals surface area contributed by atoms with E-state index in [1.165, 1.54) is 17.3 Å². The quantitative estimate of drug-likeness (QED) is 0.172. The zero-order valence-corrected chi connectivity index (χ0v) is 22.1. The molecule has 2 aromatic heterocycles. The summed E-state index contributed by atoms with van der Waals surface area (Å²) in [7, 11) is 1.80. The van der Waals surface area contributed by atoms with Crippen LogP contribution in [0.25, 0.3) is 10.9 Å². The van der Waals surface area contributed by atoms with Gasteiger partial charge in [-0.25, -0.2) is 9.97 Å². The van der Waals surface area contributed by atoms with Gasteiger partial charge in [0.05, 0.1) is 24.2 Å². The van der Waals surface area contributed by atoms with E-state index in [-0.39, 0.29) is 43.7 Å². The van der Waals surface area contributed by atoms with Crippen LogP contribution in [0.15, 0.2) is 55.0 Å². The number of hydrogen-bond acceptors (Lipinski definition) is 5. The van der Waals surface area contributed by atoms with Gasteiger partial charge in [0.2, 0.25) is 5.95 Å². The van der Waals surface area contributed by atoms with Gasteiger partial charge < -0.3 is 19.3 Å². The summed E-state index contributed by atoms with van der Waals surface area (Å²) in [5, 5.41) is 9.91. The van der Waals surface area contributed by atoms with E-state index in [0.29, 0.717) is 23.8 Å². The minimum atomic E-state index is -5.00. The molecule has 0 aliphatic rings. The molecule has 2 heterocycles. The van der Waals surface area contributed by atoms with Crippen molar-refractivity contribution in [2.24, 2.45) is 7.05 Å². The van der Waals surface area contributed by atoms with Crippen LogP contribution in [0.2, 0.25) is 0 Å². The second kappa shape index (κ2) is 11.7. The normalized spacial score (nSPS) is 12.1. The number of rotatable bonds is 10. The summed E-state index contributed by atoms with van der Waals surface area (Å²) in [6, 6.07) is 6.82. The molecule has 4 aromatic rings. The molecule has 0 radical (unpaired) electrons. The lowest BCUT2D eigenvalue weighted by molar-refractivity contribution is -0.143. The molecule has 0 fully saturated rings. The van der Waals surface area contributed by atoms with E-state index < -0.39 is 29.4 Å². The maximum atomic E-state index is 13.8. The summed E-state index contributed by atoms with van der Waals surface area (Å²) in [5.74, 6) is -0.368. The predicted octanol–water partition coefficient (Wildman–Crippen LogP) is 6.42. The Hall–Kier alpha value is -4.29. The van der Waals surface area contributed by atoms with Crippen molar-refractivity contribution < 1.29 is 41.0 Å². The van der Waals surface area contributed by atoms with Crippen LogP contribution in [-0.4, -0.2) is 38.8 Å². The van der Waals surface area contributed by atoms with Crippen LogP contribution in [0.4, 0.5) is 32.3 Å². The summed E-state index contributed by atoms with van der Waals surface area (Å²) in [4.78, 5) is 21.1. The number of hydrogen-bond donors (Lipinski definition) is 1. The second-order valence-electron chi connectivity index (χ2n) is 9.57. The third-order valence-corrected chi connectivity index (χ3v) is 6.38. The molecule has 0 unspecified atom stereocenters. The number of fused-ring (bicyclic) bond motifs is 1. The lowest BCUT2D eigenvalue weighted by atomic mass is 10.0. The Morgan fingerprint density at radius 1 is 1.00 bits per heavy atom. The zero-order valence-electron chi connectivity index (χ0n) is 22.1. The Balaban J connectivity index is 1.52. The molecule has 0 atom stereocenters. The fraction of sp³-hybridized carbons (Fsp3) is 0.321. The number of carbonyl (C=O) groups is 1. The van der Waals surface area contributed by atoms with Gasteiger partial charge in [-0.1, -0.05) is 6.07 Å². The van der Waals surface area contributed by atoms with Crippen LogP contribution in [0.3, 0.4) is 0 Å². The maximum Gasteiger partial charge on any atom is 0.416 e. The Labute approximate surface area is 231 Å². The zero-order chi connectivity index (χ0) is 29.9. The van der Waals surface area contributed by atoms with Crippen molar-refractivity contribution >= 4 is 22.8 Å². The van der Waals surface area contributed by atoms with Gasteiger partial charge in [-0.05, 0) is 60.4 Å². The number of alkyl halides is 6. The summed E-state index contributed by atoms with van der Waals surface area (Å²) in [6.07, 6.45) is -5.05. The lowest BCUT2D eigenvalue weighted by Crippen LogP contribution is -2.28. The van der Waals surface area contributed by atoms with Gasteiger partial charge in [-0.2, -0.15) is 26.3 Å². The van der Waals surface area contributed by atoms with Gasteiger partial charge in [-0.3, -0.25) is 4.79 Å². The number of aromatic nitrogens is 3. The topological polar surface area (TPSA) is 80.5 Å². The minimum absolute atomic E-state index is 0.116. The smallest absolute Gasteiger partial charge is 0.416 e. The molecule has 0 aliphatic heterocycles. The standard InChI is InChI=1S/C28H26F6N4O3/c1-17-13-35-26(36-14-17)38(16-18-4-5-20(27(29,30)31)11-23(18)28(32,33)34)8-3-9-41-21-6-7-24-22(12-21)19(10-25(39)40)15-37(24)2/h4-7,11-15H,3,8-10,16H2,1-2H3,(H,39,40). The van der Waals surface area contributed by atoms with Crippen LogP contribution >= 0.6 is 0 Å². The maximum absolute atomic E-state index is 13.8. The fourth-order valence-electron chi connectivity index (χ4n) is 4.45. The molecule has 0 aliphatic carbocycles. The number of aliphatic carboxylic acids is 1. The minimum Gasteiger partial charge on any atom is -0.494 e. The highest BCUT2D eigenvalue weighted by molar-refractivity contribution is 5.88. The SMILES string of the molecule is Cc1cnc(N(CCCOc2ccc3c(c2)c(CC(=O)O)cn3C)Cc2ccc(C(F)(F)F)cc2C(F)(F)F)nc1. The third kappa shape index (κ3) is 7.27. The largest absolute Gasteiger partial charge is 0.494 e. The van der Waals surface area contributed by atoms with Gasteiger partial charge in [-0.15, -0.1) is 0 Å². The highest BCUT2D eigenvalue weighted by Crippen LogP contribution is 2.38. The van der Waals surface area contributed by atoms with Gasteiger partial charge in [0.25, 0.3) is 0 Å². The van der Waals surface area contributed by atoms with Gasteiger partial charge >= 0.3 is 18.3 Å². The molecule has 0 bridgehead atoms. The Morgan fingerprint density at radius 2 is 1.71 bits per heavy atom. The first-order valence-electron chi connectivity index (χ1n) is 12.5. The second-order valence-corrected chi connectivity index (χ2v) is 9.57. The first-order chi connectivity index (χ1) is 19.2. The number of ether oxygens (including phenoxy) is 1. The van der Waals surface area contributed by atoms with Crippen LogP contribution in [0.5, 0.6) is 5.75 Å². The first-order valence-corrected chi connectivity index (χ1v) is 12.5. The summed E-state index contributed by atoms with van der Waals surface area (Å²) in [6.45, 7) is 1.64. The lowest BCUT2D eigenvalue weighted by Gasteiger charge is -2.25. The van der Waals surface area contributed by atoms with Crippen molar-refractivity contribution in [2.45, 2.75) is 38.7 Å².